The van der Waals surface area contributed by atoms with E-state index in [0.29, 0.717) is 5.56 Å². The Kier molecular flexibility index (Phi) is 3.77. The summed E-state index contributed by atoms with van der Waals surface area (Å²) in [6.45, 7) is -0.285. The summed E-state index contributed by atoms with van der Waals surface area (Å²) in [6.07, 6.45) is 0. The minimum Gasteiger partial charge on any atom is -0.478 e. The SMILES string of the molecule is O=C(O)c1cccc(F)c1Oc1ccccc1CO. The van der Waals surface area contributed by atoms with Crippen LogP contribution >= 0.6 is 0 Å². The van der Waals surface area contributed by atoms with Crippen molar-refractivity contribution in [2.75, 3.05) is 0 Å². The third-order valence-corrected chi connectivity index (χ3v) is 2.55. The molecular formula is C14H11FO4. The number of hydrogen-bond donors (Lipinski definition) is 2. The molecule has 2 rings (SSSR count). The van der Waals surface area contributed by atoms with Gasteiger partial charge in [0.05, 0.1) is 6.61 Å². The number of aliphatic hydroxyl groups is 1. The molecule has 5 heteroatoms. The number of carboxylic acids is 1. The van der Waals surface area contributed by atoms with Gasteiger partial charge in [-0.05, 0) is 18.2 Å². The molecular weight excluding hydrogens is 251 g/mol. The van der Waals surface area contributed by atoms with E-state index >= 15 is 0 Å². The van der Waals surface area contributed by atoms with Crippen LogP contribution in [0.1, 0.15) is 15.9 Å². The van der Waals surface area contributed by atoms with Gasteiger partial charge >= 0.3 is 5.97 Å². The molecule has 0 heterocycles. The van der Waals surface area contributed by atoms with Crippen molar-refractivity contribution in [3.05, 3.63) is 59.4 Å². The van der Waals surface area contributed by atoms with E-state index in [1.54, 1.807) is 18.2 Å². The lowest BCUT2D eigenvalue weighted by Crippen LogP contribution is -2.03. The largest absolute Gasteiger partial charge is 0.478 e. The Morgan fingerprint density at radius 1 is 1.16 bits per heavy atom. The van der Waals surface area contributed by atoms with Crippen LogP contribution < -0.4 is 4.74 Å². The number of rotatable bonds is 4. The number of aromatic carboxylic acids is 1. The van der Waals surface area contributed by atoms with Gasteiger partial charge in [-0.2, -0.15) is 0 Å². The van der Waals surface area contributed by atoms with E-state index in [-0.39, 0.29) is 23.7 Å². The average Bonchev–Trinajstić information content (AvgIpc) is 2.41. The van der Waals surface area contributed by atoms with Crippen LogP contribution in [0.4, 0.5) is 4.39 Å². The first-order valence-corrected chi connectivity index (χ1v) is 5.52. The number of halogens is 1. The maximum Gasteiger partial charge on any atom is 0.339 e. The van der Waals surface area contributed by atoms with E-state index in [2.05, 4.69) is 0 Å². The molecule has 0 saturated heterocycles. The van der Waals surface area contributed by atoms with Crippen molar-refractivity contribution >= 4 is 5.97 Å². The van der Waals surface area contributed by atoms with Crippen LogP contribution in [-0.2, 0) is 6.61 Å². The fraction of sp³-hybridized carbons (Fsp3) is 0.0714. The summed E-state index contributed by atoms with van der Waals surface area (Å²) in [7, 11) is 0. The van der Waals surface area contributed by atoms with Crippen LogP contribution in [0.5, 0.6) is 11.5 Å². The van der Waals surface area contributed by atoms with E-state index in [4.69, 9.17) is 14.9 Å². The smallest absolute Gasteiger partial charge is 0.339 e. The normalized spacial score (nSPS) is 10.2. The van der Waals surface area contributed by atoms with Crippen LogP contribution in [0.15, 0.2) is 42.5 Å². The standard InChI is InChI=1S/C14H11FO4/c15-11-6-3-5-10(14(17)18)13(11)19-12-7-2-1-4-9(12)8-16/h1-7,16H,8H2,(H,17,18). The van der Waals surface area contributed by atoms with E-state index in [1.165, 1.54) is 18.2 Å². The zero-order valence-electron chi connectivity index (χ0n) is 9.84. The molecule has 0 atom stereocenters. The topological polar surface area (TPSA) is 66.8 Å². The predicted octanol–water partition coefficient (Wildman–Crippen LogP) is 2.81. The number of carbonyl (C=O) groups is 1. The monoisotopic (exact) mass is 262 g/mol. The van der Waals surface area contributed by atoms with Crippen LogP contribution in [0.3, 0.4) is 0 Å². The second-order valence-electron chi connectivity index (χ2n) is 3.79. The quantitative estimate of drug-likeness (QED) is 0.889. The summed E-state index contributed by atoms with van der Waals surface area (Å²) in [5.41, 5.74) is 0.176. The average molecular weight is 262 g/mol. The molecule has 0 radical (unpaired) electrons. The second kappa shape index (κ2) is 5.49. The number of hydrogen-bond acceptors (Lipinski definition) is 3. The Balaban J connectivity index is 2.46. The molecule has 0 aromatic heterocycles. The molecule has 0 bridgehead atoms. The van der Waals surface area contributed by atoms with Gasteiger partial charge in [-0.25, -0.2) is 9.18 Å². The summed E-state index contributed by atoms with van der Waals surface area (Å²) >= 11 is 0. The number of ether oxygens (including phenoxy) is 1. The van der Waals surface area contributed by atoms with Gasteiger partial charge in [-0.1, -0.05) is 24.3 Å². The number of carboxylic acid groups (broad SMARTS) is 1. The summed E-state index contributed by atoms with van der Waals surface area (Å²) < 4.78 is 19.0. The van der Waals surface area contributed by atoms with Gasteiger partial charge < -0.3 is 14.9 Å². The Morgan fingerprint density at radius 3 is 2.58 bits per heavy atom. The lowest BCUT2D eigenvalue weighted by molar-refractivity contribution is 0.0693. The first-order chi connectivity index (χ1) is 9.13. The number of benzene rings is 2. The molecule has 98 valence electrons. The molecule has 2 N–H and O–H groups in total. The molecule has 0 aliphatic rings. The highest BCUT2D eigenvalue weighted by Crippen LogP contribution is 2.30. The predicted molar refractivity (Wildman–Crippen MR) is 65.8 cm³/mol. The van der Waals surface area contributed by atoms with Crippen molar-refractivity contribution in [2.24, 2.45) is 0 Å². The highest BCUT2D eigenvalue weighted by Gasteiger charge is 2.17. The first kappa shape index (κ1) is 13.0. The van der Waals surface area contributed by atoms with Crippen molar-refractivity contribution in [2.45, 2.75) is 6.61 Å². The summed E-state index contributed by atoms with van der Waals surface area (Å²) in [5.74, 6) is -2.20. The highest BCUT2D eigenvalue weighted by molar-refractivity contribution is 5.91. The third-order valence-electron chi connectivity index (χ3n) is 2.55. The van der Waals surface area contributed by atoms with E-state index in [0.717, 1.165) is 6.07 Å². The minimum atomic E-state index is -1.28. The molecule has 2 aromatic rings. The van der Waals surface area contributed by atoms with Crippen LogP contribution in [-0.4, -0.2) is 16.2 Å². The molecule has 0 saturated carbocycles. The van der Waals surface area contributed by atoms with Gasteiger partial charge in [0, 0.05) is 5.56 Å². The molecule has 4 nitrogen and oxygen atoms in total. The maximum atomic E-state index is 13.7. The van der Waals surface area contributed by atoms with Gasteiger partial charge in [-0.15, -0.1) is 0 Å². The Morgan fingerprint density at radius 2 is 1.89 bits per heavy atom. The van der Waals surface area contributed by atoms with Gasteiger partial charge in [0.15, 0.2) is 11.6 Å². The van der Waals surface area contributed by atoms with Crippen molar-refractivity contribution < 1.29 is 24.1 Å². The minimum absolute atomic E-state index is 0.220. The molecule has 0 amide bonds. The summed E-state index contributed by atoms with van der Waals surface area (Å²) in [4.78, 5) is 11.0. The number of aliphatic hydroxyl groups excluding tert-OH is 1. The molecule has 0 unspecified atom stereocenters. The molecule has 0 aliphatic carbocycles. The molecule has 0 spiro atoms. The first-order valence-electron chi connectivity index (χ1n) is 5.52. The second-order valence-corrected chi connectivity index (χ2v) is 3.79. The van der Waals surface area contributed by atoms with E-state index in [9.17, 15) is 9.18 Å². The molecule has 19 heavy (non-hydrogen) atoms. The lowest BCUT2D eigenvalue weighted by atomic mass is 10.2. The van der Waals surface area contributed by atoms with Crippen molar-refractivity contribution in [1.29, 1.82) is 0 Å². The van der Waals surface area contributed by atoms with Gasteiger partial charge in [0.1, 0.15) is 11.3 Å². The lowest BCUT2D eigenvalue weighted by Gasteiger charge is -2.12. The van der Waals surface area contributed by atoms with Gasteiger partial charge in [0.25, 0.3) is 0 Å². The Labute approximate surface area is 108 Å². The van der Waals surface area contributed by atoms with Crippen molar-refractivity contribution in [1.82, 2.24) is 0 Å². The van der Waals surface area contributed by atoms with Crippen LogP contribution in [0.25, 0.3) is 0 Å². The highest BCUT2D eigenvalue weighted by atomic mass is 19.1. The Hall–Kier alpha value is -2.40. The fourth-order valence-corrected chi connectivity index (χ4v) is 1.62. The zero-order valence-corrected chi connectivity index (χ0v) is 9.84. The fourth-order valence-electron chi connectivity index (χ4n) is 1.62. The zero-order chi connectivity index (χ0) is 13.8. The number of para-hydroxylation sites is 2. The van der Waals surface area contributed by atoms with Gasteiger partial charge in [0.2, 0.25) is 0 Å². The van der Waals surface area contributed by atoms with Crippen molar-refractivity contribution in [3.63, 3.8) is 0 Å². The van der Waals surface area contributed by atoms with Crippen LogP contribution in [0, 0.1) is 5.82 Å². The van der Waals surface area contributed by atoms with Crippen LogP contribution in [0.2, 0.25) is 0 Å². The van der Waals surface area contributed by atoms with Gasteiger partial charge in [-0.3, -0.25) is 0 Å². The summed E-state index contributed by atoms with van der Waals surface area (Å²) in [6, 6.07) is 10.1. The maximum absolute atomic E-state index is 13.7. The Bertz CT molecular complexity index is 610. The summed E-state index contributed by atoms with van der Waals surface area (Å²) in [5, 5.41) is 18.2. The van der Waals surface area contributed by atoms with E-state index < -0.39 is 11.8 Å². The molecule has 0 fully saturated rings. The molecule has 0 aliphatic heterocycles. The van der Waals surface area contributed by atoms with Crippen molar-refractivity contribution in [3.8, 4) is 11.5 Å². The molecule has 2 aromatic carbocycles. The third kappa shape index (κ3) is 2.71. The van der Waals surface area contributed by atoms with E-state index in [1.807, 2.05) is 0 Å².